The summed E-state index contributed by atoms with van der Waals surface area (Å²) in [7, 11) is 3.56. The Hall–Kier alpha value is -2.37. The third kappa shape index (κ3) is 6.05. The molecule has 1 saturated heterocycles. The summed E-state index contributed by atoms with van der Waals surface area (Å²) in [6, 6.07) is 3.84. The second-order valence-corrected chi connectivity index (χ2v) is 6.59. The maximum absolute atomic E-state index is 12.6. The smallest absolute Gasteiger partial charge is 0.246 e. The van der Waals surface area contributed by atoms with Crippen LogP contribution in [0.15, 0.2) is 35.7 Å². The van der Waals surface area contributed by atoms with Gasteiger partial charge in [0.15, 0.2) is 5.96 Å². The normalized spacial score (nSPS) is 14.6. The molecular formula is C19H28IN7O2. The molecule has 3 heterocycles. The van der Waals surface area contributed by atoms with Gasteiger partial charge in [-0.2, -0.15) is 5.10 Å². The minimum absolute atomic E-state index is 0. The molecule has 0 aliphatic carbocycles. The summed E-state index contributed by atoms with van der Waals surface area (Å²) >= 11 is 0. The zero-order valence-corrected chi connectivity index (χ0v) is 19.4. The maximum Gasteiger partial charge on any atom is 0.246 e. The van der Waals surface area contributed by atoms with E-state index in [2.05, 4.69) is 27.3 Å². The van der Waals surface area contributed by atoms with Crippen LogP contribution in [0.25, 0.3) is 0 Å². The predicted octanol–water partition coefficient (Wildman–Crippen LogP) is 1.65. The predicted molar refractivity (Wildman–Crippen MR) is 123 cm³/mol. The summed E-state index contributed by atoms with van der Waals surface area (Å²) in [5, 5.41) is 7.45. The summed E-state index contributed by atoms with van der Waals surface area (Å²) in [6.45, 7) is 4.86. The van der Waals surface area contributed by atoms with Gasteiger partial charge in [-0.1, -0.05) is 13.0 Å². The number of rotatable bonds is 6. The van der Waals surface area contributed by atoms with E-state index in [1.54, 1.807) is 29.0 Å². The fourth-order valence-electron chi connectivity index (χ4n) is 3.00. The average Bonchev–Trinajstić information content (AvgIpc) is 3.14. The molecule has 0 saturated carbocycles. The average molecular weight is 513 g/mol. The number of pyridine rings is 1. The van der Waals surface area contributed by atoms with Gasteiger partial charge in [0.05, 0.1) is 18.5 Å². The highest BCUT2D eigenvalue weighted by atomic mass is 127. The van der Waals surface area contributed by atoms with Crippen molar-refractivity contribution < 1.29 is 9.53 Å². The lowest BCUT2D eigenvalue weighted by Gasteiger charge is -2.35. The van der Waals surface area contributed by atoms with Crippen LogP contribution in [0.2, 0.25) is 0 Å². The Morgan fingerprint density at radius 2 is 2.14 bits per heavy atom. The Morgan fingerprint density at radius 1 is 1.31 bits per heavy atom. The molecular weight excluding hydrogens is 485 g/mol. The first kappa shape index (κ1) is 22.9. The molecule has 1 fully saturated rings. The van der Waals surface area contributed by atoms with E-state index in [0.717, 1.165) is 17.7 Å². The molecule has 3 rings (SSSR count). The minimum atomic E-state index is 0. The second-order valence-electron chi connectivity index (χ2n) is 6.59. The number of piperazine rings is 1. The van der Waals surface area contributed by atoms with E-state index in [1.165, 1.54) is 0 Å². The Bertz CT molecular complexity index is 822. The number of nitrogens with zero attached hydrogens (tertiary/aromatic N) is 6. The molecule has 29 heavy (non-hydrogen) atoms. The monoisotopic (exact) mass is 513 g/mol. The van der Waals surface area contributed by atoms with Gasteiger partial charge in [-0.25, -0.2) is 4.98 Å². The van der Waals surface area contributed by atoms with Gasteiger partial charge in [0, 0.05) is 52.2 Å². The van der Waals surface area contributed by atoms with Crippen LogP contribution in [0.4, 0.5) is 5.69 Å². The summed E-state index contributed by atoms with van der Waals surface area (Å²) in [4.78, 5) is 24.9. The van der Waals surface area contributed by atoms with Gasteiger partial charge < -0.3 is 19.9 Å². The van der Waals surface area contributed by atoms with Crippen molar-refractivity contribution in [3.63, 3.8) is 0 Å². The SMILES string of the molecule is CCCOc1ccc(CNC(=NC)N2CCN(c3cnn(C)c3)C(=O)C2)cn1.I. The molecule has 0 bridgehead atoms. The van der Waals surface area contributed by atoms with E-state index in [4.69, 9.17) is 4.74 Å². The summed E-state index contributed by atoms with van der Waals surface area (Å²) in [6.07, 6.45) is 6.30. The van der Waals surface area contributed by atoms with Crippen LogP contribution in [-0.2, 0) is 18.4 Å². The number of nitrogens with one attached hydrogen (secondary N) is 1. The van der Waals surface area contributed by atoms with E-state index in [-0.39, 0.29) is 36.4 Å². The quantitative estimate of drug-likeness (QED) is 0.359. The highest BCUT2D eigenvalue weighted by Crippen LogP contribution is 2.16. The molecule has 2 aromatic heterocycles. The van der Waals surface area contributed by atoms with Gasteiger partial charge in [-0.15, -0.1) is 24.0 Å². The molecule has 9 nitrogen and oxygen atoms in total. The van der Waals surface area contributed by atoms with E-state index in [9.17, 15) is 4.79 Å². The molecule has 0 spiro atoms. The van der Waals surface area contributed by atoms with Gasteiger partial charge in [-0.3, -0.25) is 14.5 Å². The molecule has 0 unspecified atom stereocenters. The lowest BCUT2D eigenvalue weighted by atomic mass is 10.2. The van der Waals surface area contributed by atoms with Crippen molar-refractivity contribution in [2.45, 2.75) is 19.9 Å². The molecule has 1 amide bonds. The number of ether oxygens (including phenoxy) is 1. The second kappa shape index (κ2) is 11.0. The number of carbonyl (C=O) groups is 1. The number of anilines is 1. The number of halogens is 1. The maximum atomic E-state index is 12.6. The summed E-state index contributed by atoms with van der Waals surface area (Å²) < 4.78 is 7.20. The Kier molecular flexibility index (Phi) is 8.68. The Labute approximate surface area is 188 Å². The van der Waals surface area contributed by atoms with E-state index in [1.807, 2.05) is 30.3 Å². The number of hydrogen-bond acceptors (Lipinski definition) is 5. The van der Waals surface area contributed by atoms with Crippen LogP contribution in [0, 0.1) is 0 Å². The molecule has 158 valence electrons. The van der Waals surface area contributed by atoms with Crippen LogP contribution >= 0.6 is 24.0 Å². The Morgan fingerprint density at radius 3 is 2.72 bits per heavy atom. The van der Waals surface area contributed by atoms with Crippen molar-refractivity contribution in [1.29, 1.82) is 0 Å². The number of aryl methyl sites for hydroxylation is 1. The number of guanidine groups is 1. The molecule has 1 N–H and O–H groups in total. The zero-order valence-electron chi connectivity index (χ0n) is 17.0. The van der Waals surface area contributed by atoms with Crippen LogP contribution in [-0.4, -0.2) is 64.8 Å². The van der Waals surface area contributed by atoms with Crippen molar-refractivity contribution >= 4 is 41.5 Å². The molecule has 1 aliphatic heterocycles. The standard InChI is InChI=1S/C19H27N7O2.HI/c1-4-9-28-17-6-5-15(10-21-17)11-22-19(20-2)25-7-8-26(18(27)14-25)16-12-23-24(3)13-16;/h5-6,10,12-13H,4,7-9,11,14H2,1-3H3,(H,20,22);1H. The first-order valence-corrected chi connectivity index (χ1v) is 9.43. The zero-order chi connectivity index (χ0) is 19.9. The first-order chi connectivity index (χ1) is 13.6. The minimum Gasteiger partial charge on any atom is -0.478 e. The lowest BCUT2D eigenvalue weighted by Crippen LogP contribution is -2.55. The summed E-state index contributed by atoms with van der Waals surface area (Å²) in [5.41, 5.74) is 1.84. The molecule has 0 aromatic carbocycles. The third-order valence-corrected chi connectivity index (χ3v) is 4.44. The van der Waals surface area contributed by atoms with Gasteiger partial charge in [0.25, 0.3) is 0 Å². The van der Waals surface area contributed by atoms with Crippen LogP contribution in [0.5, 0.6) is 5.88 Å². The van der Waals surface area contributed by atoms with Crippen LogP contribution in [0.1, 0.15) is 18.9 Å². The van der Waals surface area contributed by atoms with E-state index in [0.29, 0.717) is 38.1 Å². The summed E-state index contributed by atoms with van der Waals surface area (Å²) in [5.74, 6) is 1.36. The molecule has 2 aromatic rings. The largest absolute Gasteiger partial charge is 0.478 e. The number of aliphatic imine (C=N–C) groups is 1. The van der Waals surface area contributed by atoms with Crippen molar-refractivity contribution in [1.82, 2.24) is 25.0 Å². The van der Waals surface area contributed by atoms with Gasteiger partial charge in [0.2, 0.25) is 11.8 Å². The fraction of sp³-hybridized carbons (Fsp3) is 0.474. The highest BCUT2D eigenvalue weighted by molar-refractivity contribution is 14.0. The van der Waals surface area contributed by atoms with Crippen LogP contribution < -0.4 is 15.0 Å². The molecule has 1 aliphatic rings. The third-order valence-electron chi connectivity index (χ3n) is 4.44. The topological polar surface area (TPSA) is 87.9 Å². The molecule has 0 radical (unpaired) electrons. The Balaban J connectivity index is 0.00000300. The van der Waals surface area contributed by atoms with E-state index < -0.39 is 0 Å². The fourth-order valence-corrected chi connectivity index (χ4v) is 3.00. The van der Waals surface area contributed by atoms with Gasteiger partial charge in [-0.05, 0) is 12.0 Å². The van der Waals surface area contributed by atoms with Gasteiger partial charge >= 0.3 is 0 Å². The molecule has 0 atom stereocenters. The number of amides is 1. The number of aromatic nitrogens is 3. The lowest BCUT2D eigenvalue weighted by molar-refractivity contribution is -0.120. The van der Waals surface area contributed by atoms with Gasteiger partial charge in [0.1, 0.15) is 6.54 Å². The van der Waals surface area contributed by atoms with Crippen molar-refractivity contribution in [2.75, 3.05) is 38.2 Å². The number of carbonyl (C=O) groups excluding carboxylic acids is 1. The van der Waals surface area contributed by atoms with Crippen molar-refractivity contribution in [3.05, 3.63) is 36.3 Å². The number of hydrogen-bond donors (Lipinski definition) is 1. The van der Waals surface area contributed by atoms with Crippen molar-refractivity contribution in [3.8, 4) is 5.88 Å². The van der Waals surface area contributed by atoms with E-state index >= 15 is 0 Å². The highest BCUT2D eigenvalue weighted by Gasteiger charge is 2.27. The molecule has 10 heteroatoms. The van der Waals surface area contributed by atoms with Crippen molar-refractivity contribution in [2.24, 2.45) is 12.0 Å². The van der Waals surface area contributed by atoms with Crippen LogP contribution in [0.3, 0.4) is 0 Å². The first-order valence-electron chi connectivity index (χ1n) is 9.43.